The van der Waals surface area contributed by atoms with E-state index < -0.39 is 12.0 Å². The van der Waals surface area contributed by atoms with E-state index >= 15 is 0 Å². The molecule has 3 aromatic carbocycles. The molecule has 1 atom stereocenters. The minimum absolute atomic E-state index is 0.244. The van der Waals surface area contributed by atoms with Crippen molar-refractivity contribution >= 4 is 28.6 Å². The Kier molecular flexibility index (Phi) is 6.25. The third kappa shape index (κ3) is 3.90. The smallest absolute Gasteiger partial charge is 0.338 e. The summed E-state index contributed by atoms with van der Waals surface area (Å²) in [6.45, 7) is 2.04. The maximum absolute atomic E-state index is 13.6. The summed E-state index contributed by atoms with van der Waals surface area (Å²) < 4.78 is 24.0. The third-order valence-corrected chi connectivity index (χ3v) is 6.23. The zero-order valence-electron chi connectivity index (χ0n) is 20.6. The second kappa shape index (κ2) is 9.65. The van der Waals surface area contributed by atoms with Crippen LogP contribution in [0.2, 0.25) is 0 Å². The monoisotopic (exact) mass is 485 g/mol. The summed E-state index contributed by atoms with van der Waals surface area (Å²) in [6.07, 6.45) is 0. The number of carbonyl (C=O) groups is 1. The maximum atomic E-state index is 13.6. The molecule has 0 spiro atoms. The first kappa shape index (κ1) is 23.3. The molecule has 1 aromatic heterocycles. The fourth-order valence-electron chi connectivity index (χ4n) is 4.59. The molecule has 8 heteroatoms. The lowest BCUT2D eigenvalue weighted by Crippen LogP contribution is -2.29. The number of hydrogen-bond acceptors (Lipinski definition) is 7. The van der Waals surface area contributed by atoms with Crippen molar-refractivity contribution in [2.45, 2.75) is 13.0 Å². The van der Waals surface area contributed by atoms with E-state index in [0.717, 1.165) is 27.9 Å². The lowest BCUT2D eigenvalue weighted by molar-refractivity contribution is -0.138. The van der Waals surface area contributed by atoms with Crippen molar-refractivity contribution in [2.24, 2.45) is 0 Å². The predicted molar refractivity (Wildman–Crippen MR) is 138 cm³/mol. The van der Waals surface area contributed by atoms with Crippen molar-refractivity contribution in [1.29, 1.82) is 0 Å². The first-order valence-corrected chi connectivity index (χ1v) is 11.6. The van der Waals surface area contributed by atoms with E-state index in [9.17, 15) is 4.79 Å². The number of hydrogen-bond donors (Lipinski definition) is 1. The Morgan fingerprint density at radius 1 is 0.944 bits per heavy atom. The summed E-state index contributed by atoms with van der Waals surface area (Å²) in [5.74, 6) is 2.09. The van der Waals surface area contributed by atoms with Gasteiger partial charge >= 0.3 is 5.97 Å². The van der Waals surface area contributed by atoms with Gasteiger partial charge in [-0.25, -0.2) is 9.78 Å². The van der Waals surface area contributed by atoms with E-state index in [0.29, 0.717) is 28.7 Å². The van der Waals surface area contributed by atoms with Gasteiger partial charge in [-0.05, 0) is 66.6 Å². The van der Waals surface area contributed by atoms with Crippen LogP contribution in [0.5, 0.6) is 17.2 Å². The summed E-state index contributed by atoms with van der Waals surface area (Å²) in [7, 11) is 4.80. The molecule has 1 aliphatic heterocycles. The fraction of sp³-hybridized carbons (Fsp3) is 0.214. The summed E-state index contributed by atoms with van der Waals surface area (Å²) in [6, 6.07) is 20.5. The number of benzene rings is 3. The molecule has 0 unspecified atom stereocenters. The molecule has 0 fully saturated rings. The van der Waals surface area contributed by atoms with Crippen LogP contribution >= 0.6 is 0 Å². The van der Waals surface area contributed by atoms with E-state index in [1.165, 1.54) is 0 Å². The van der Waals surface area contributed by atoms with Crippen LogP contribution < -0.4 is 19.5 Å². The highest BCUT2D eigenvalue weighted by atomic mass is 16.5. The molecule has 0 bridgehead atoms. The highest BCUT2D eigenvalue weighted by molar-refractivity contribution is 6.03. The van der Waals surface area contributed by atoms with Gasteiger partial charge in [0.2, 0.25) is 5.95 Å². The van der Waals surface area contributed by atoms with Gasteiger partial charge in [-0.2, -0.15) is 0 Å². The Morgan fingerprint density at radius 3 is 2.39 bits per heavy atom. The Hall–Kier alpha value is -4.46. The van der Waals surface area contributed by atoms with Crippen molar-refractivity contribution < 1.29 is 23.7 Å². The first-order chi connectivity index (χ1) is 17.6. The molecule has 184 valence electrons. The standard InChI is InChI=1S/C28H27N3O5/c1-5-36-27(32)24-25(17-10-13-19(33-2)14-11-17)30-28-29-20-8-6-7-9-21(20)31(28)26(24)18-12-15-22(34-3)23(16-18)35-4/h6-16,26H,5H2,1-4H3,(H,29,30)/t26-/m0/s1. The summed E-state index contributed by atoms with van der Waals surface area (Å²) in [5, 5.41) is 3.41. The third-order valence-electron chi connectivity index (χ3n) is 6.23. The second-order valence-corrected chi connectivity index (χ2v) is 8.17. The average molecular weight is 486 g/mol. The number of aromatic nitrogens is 2. The largest absolute Gasteiger partial charge is 0.497 e. The number of para-hydroxylation sites is 2. The number of imidazole rings is 1. The van der Waals surface area contributed by atoms with Crippen LogP contribution in [0, 0.1) is 0 Å². The van der Waals surface area contributed by atoms with E-state index in [1.807, 2.05) is 71.3 Å². The molecule has 0 amide bonds. The number of esters is 1. The average Bonchev–Trinajstić information content (AvgIpc) is 3.30. The van der Waals surface area contributed by atoms with E-state index in [-0.39, 0.29) is 6.61 Å². The van der Waals surface area contributed by atoms with Gasteiger partial charge < -0.3 is 24.3 Å². The highest BCUT2D eigenvalue weighted by Gasteiger charge is 2.37. The van der Waals surface area contributed by atoms with Gasteiger partial charge in [-0.3, -0.25) is 4.57 Å². The van der Waals surface area contributed by atoms with Crippen molar-refractivity contribution in [3.63, 3.8) is 0 Å². The Balaban J connectivity index is 1.81. The number of carbonyl (C=O) groups excluding carboxylic acids is 1. The van der Waals surface area contributed by atoms with Crippen molar-refractivity contribution in [1.82, 2.24) is 9.55 Å². The van der Waals surface area contributed by atoms with Gasteiger partial charge in [0, 0.05) is 0 Å². The van der Waals surface area contributed by atoms with E-state index in [2.05, 4.69) is 5.32 Å². The van der Waals surface area contributed by atoms with Crippen LogP contribution in [0.4, 0.5) is 5.95 Å². The molecular formula is C28H27N3O5. The van der Waals surface area contributed by atoms with Crippen LogP contribution in [-0.2, 0) is 9.53 Å². The number of fused-ring (bicyclic) bond motifs is 3. The van der Waals surface area contributed by atoms with Crippen molar-refractivity contribution in [2.75, 3.05) is 33.3 Å². The molecule has 0 saturated carbocycles. The lowest BCUT2D eigenvalue weighted by atomic mass is 9.92. The zero-order chi connectivity index (χ0) is 25.2. The predicted octanol–water partition coefficient (Wildman–Crippen LogP) is 5.05. The van der Waals surface area contributed by atoms with Crippen LogP contribution in [0.15, 0.2) is 72.3 Å². The number of rotatable bonds is 7. The molecule has 36 heavy (non-hydrogen) atoms. The number of anilines is 1. The van der Waals surface area contributed by atoms with E-state index in [4.69, 9.17) is 23.9 Å². The van der Waals surface area contributed by atoms with Gasteiger partial charge in [0.15, 0.2) is 11.5 Å². The summed E-state index contributed by atoms with van der Waals surface area (Å²) >= 11 is 0. The van der Waals surface area contributed by atoms with Gasteiger partial charge in [-0.1, -0.05) is 18.2 Å². The molecular weight excluding hydrogens is 458 g/mol. The van der Waals surface area contributed by atoms with Crippen molar-refractivity contribution in [3.8, 4) is 17.2 Å². The number of ether oxygens (including phenoxy) is 4. The molecule has 5 rings (SSSR count). The fourth-order valence-corrected chi connectivity index (χ4v) is 4.59. The lowest BCUT2D eigenvalue weighted by Gasteiger charge is -2.31. The molecule has 0 aliphatic carbocycles. The molecule has 2 heterocycles. The highest BCUT2D eigenvalue weighted by Crippen LogP contribution is 2.44. The minimum atomic E-state index is -0.537. The Morgan fingerprint density at radius 2 is 1.69 bits per heavy atom. The number of nitrogens with one attached hydrogen (secondary N) is 1. The second-order valence-electron chi connectivity index (χ2n) is 8.17. The summed E-state index contributed by atoms with van der Waals surface area (Å²) in [4.78, 5) is 18.4. The van der Waals surface area contributed by atoms with E-state index in [1.54, 1.807) is 28.3 Å². The van der Waals surface area contributed by atoms with Gasteiger partial charge in [0.25, 0.3) is 0 Å². The molecule has 1 aliphatic rings. The minimum Gasteiger partial charge on any atom is -0.497 e. The topological polar surface area (TPSA) is 83.8 Å². The Labute approximate surface area is 209 Å². The summed E-state index contributed by atoms with van der Waals surface area (Å²) in [5.41, 5.74) is 4.42. The van der Waals surface area contributed by atoms with Crippen LogP contribution in [0.3, 0.4) is 0 Å². The normalized spacial score (nSPS) is 14.7. The molecule has 1 N–H and O–H groups in total. The Bertz CT molecular complexity index is 1460. The molecule has 4 aromatic rings. The van der Waals surface area contributed by atoms with Crippen LogP contribution in [0.25, 0.3) is 16.7 Å². The van der Waals surface area contributed by atoms with Gasteiger partial charge in [-0.15, -0.1) is 0 Å². The number of methoxy groups -OCH3 is 3. The molecule has 8 nitrogen and oxygen atoms in total. The maximum Gasteiger partial charge on any atom is 0.338 e. The van der Waals surface area contributed by atoms with Gasteiger partial charge in [0.1, 0.15) is 5.75 Å². The van der Waals surface area contributed by atoms with Crippen LogP contribution in [0.1, 0.15) is 24.1 Å². The molecule has 0 saturated heterocycles. The zero-order valence-corrected chi connectivity index (χ0v) is 20.6. The quantitative estimate of drug-likeness (QED) is 0.367. The van der Waals surface area contributed by atoms with Crippen molar-refractivity contribution in [3.05, 3.63) is 83.4 Å². The van der Waals surface area contributed by atoms with Gasteiger partial charge in [0.05, 0.1) is 56.3 Å². The van der Waals surface area contributed by atoms with Crippen LogP contribution in [-0.4, -0.2) is 43.5 Å². The SMILES string of the molecule is CCOC(=O)C1=C(c2ccc(OC)cc2)Nc2nc3ccccc3n2[C@H]1c1ccc(OC)c(OC)c1. The molecule has 0 radical (unpaired) electrons. The number of nitrogens with zero attached hydrogens (tertiary/aromatic N) is 2. The first-order valence-electron chi connectivity index (χ1n) is 11.6.